The van der Waals surface area contributed by atoms with Crippen LogP contribution in [0.2, 0.25) is 5.02 Å². The number of hydrogen-bond acceptors (Lipinski definition) is 7. The summed E-state index contributed by atoms with van der Waals surface area (Å²) in [4.78, 5) is 40.0. The van der Waals surface area contributed by atoms with Crippen molar-refractivity contribution in [1.82, 2.24) is 10.2 Å². The number of benzene rings is 1. The number of rotatable bonds is 11. The largest absolute Gasteiger partial charge is 0.492 e. The lowest BCUT2D eigenvalue weighted by molar-refractivity contribution is -0.150. The third-order valence-electron chi connectivity index (χ3n) is 5.28. The molecule has 0 saturated carbocycles. The Balaban J connectivity index is 2.46. The number of nitriles is 1. The lowest BCUT2D eigenvalue weighted by atomic mass is 9.78. The second-order valence-electron chi connectivity index (χ2n) is 7.61. The van der Waals surface area contributed by atoms with Crippen molar-refractivity contribution in [3.05, 3.63) is 39.4 Å². The summed E-state index contributed by atoms with van der Waals surface area (Å²) in [6.07, 6.45) is 1.67. The number of hydrogen-bond donors (Lipinski definition) is 1. The highest BCUT2D eigenvalue weighted by atomic mass is 35.5. The van der Waals surface area contributed by atoms with Crippen LogP contribution in [0.25, 0.3) is 0 Å². The van der Waals surface area contributed by atoms with Crippen molar-refractivity contribution in [1.29, 1.82) is 5.26 Å². The fourth-order valence-corrected chi connectivity index (χ4v) is 4.98. The summed E-state index contributed by atoms with van der Waals surface area (Å²) in [5.41, 5.74) is 0.670. The first-order valence-corrected chi connectivity index (χ1v) is 12.5. The maximum atomic E-state index is 13.0. The molecule has 184 valence electrons. The van der Waals surface area contributed by atoms with Crippen molar-refractivity contribution in [2.75, 3.05) is 32.6 Å². The van der Waals surface area contributed by atoms with E-state index in [2.05, 4.69) is 11.4 Å². The molecule has 0 radical (unpaired) electrons. The minimum absolute atomic E-state index is 0.0560. The van der Waals surface area contributed by atoms with E-state index in [9.17, 15) is 19.6 Å². The number of allylic oxidation sites excluding steroid dienone is 1. The number of ether oxygens (including phenoxy) is 2. The van der Waals surface area contributed by atoms with Gasteiger partial charge in [-0.1, -0.05) is 43.3 Å². The fourth-order valence-electron chi connectivity index (χ4n) is 3.79. The zero-order chi connectivity index (χ0) is 25.3. The summed E-state index contributed by atoms with van der Waals surface area (Å²) in [6, 6.07) is 7.03. The maximum Gasteiger partial charge on any atom is 0.319 e. The van der Waals surface area contributed by atoms with Crippen LogP contribution in [0.3, 0.4) is 0 Å². The monoisotopic (exact) mass is 507 g/mol. The quantitative estimate of drug-likeness (QED) is 0.358. The molecule has 1 aromatic rings. The maximum absolute atomic E-state index is 13.0. The molecule has 2 atom stereocenters. The Morgan fingerprint density at radius 3 is 2.44 bits per heavy atom. The highest BCUT2D eigenvalue weighted by Gasteiger charge is 2.44. The van der Waals surface area contributed by atoms with Crippen LogP contribution >= 0.6 is 23.4 Å². The van der Waals surface area contributed by atoms with Crippen molar-refractivity contribution in [2.45, 2.75) is 39.5 Å². The summed E-state index contributed by atoms with van der Waals surface area (Å²) in [5.74, 6) is -3.13. The minimum atomic E-state index is -1.27. The highest BCUT2D eigenvalue weighted by molar-refractivity contribution is 8.03. The van der Waals surface area contributed by atoms with Gasteiger partial charge in [-0.15, -0.1) is 0 Å². The molecule has 1 N–H and O–H groups in total. The number of carbonyl (C=O) groups is 3. The third-order valence-corrected chi connectivity index (χ3v) is 6.58. The Morgan fingerprint density at radius 2 is 1.91 bits per heavy atom. The molecule has 0 unspecified atom stereocenters. The number of nitrogens with zero attached hydrogens (tertiary/aromatic N) is 2. The molecule has 0 saturated heterocycles. The molecule has 2 amide bonds. The van der Waals surface area contributed by atoms with Crippen LogP contribution in [0.1, 0.15) is 45.1 Å². The van der Waals surface area contributed by atoms with E-state index in [1.165, 1.54) is 7.11 Å². The van der Waals surface area contributed by atoms with E-state index in [4.69, 9.17) is 21.1 Å². The molecule has 1 heterocycles. The second-order valence-corrected chi connectivity index (χ2v) is 9.01. The van der Waals surface area contributed by atoms with E-state index < -0.39 is 23.7 Å². The third kappa shape index (κ3) is 6.45. The van der Waals surface area contributed by atoms with Gasteiger partial charge < -0.3 is 19.7 Å². The van der Waals surface area contributed by atoms with Gasteiger partial charge in [0.2, 0.25) is 11.8 Å². The fraction of sp³-hybridized carbons (Fsp3) is 0.500. The smallest absolute Gasteiger partial charge is 0.319 e. The molecule has 0 aromatic heterocycles. The average Bonchev–Trinajstić information content (AvgIpc) is 2.82. The summed E-state index contributed by atoms with van der Waals surface area (Å²) >= 11 is 7.43. The molecule has 0 spiro atoms. The van der Waals surface area contributed by atoms with Crippen molar-refractivity contribution < 1.29 is 23.9 Å². The standard InChI is InChI=1S/C24H30ClN3O5S/c1-5-10-28(11-6-2)19(29)14-34-23-16(13-26)20(21(22(30)27-23)24(31)32-4)15-8-9-18(33-7-3)17(25)12-15/h8-9,12,20-21H,5-7,10-11,14H2,1-4H3,(H,27,30)/t20-,21+/m0/s1. The molecule has 10 heteroatoms. The number of esters is 1. The normalized spacial score (nSPS) is 17.6. The molecule has 8 nitrogen and oxygen atoms in total. The summed E-state index contributed by atoms with van der Waals surface area (Å²) in [6.45, 7) is 7.52. The molecule has 0 fully saturated rings. The molecule has 0 aliphatic carbocycles. The van der Waals surface area contributed by atoms with Crippen LogP contribution in [-0.4, -0.2) is 55.2 Å². The molecule has 34 heavy (non-hydrogen) atoms. The van der Waals surface area contributed by atoms with E-state index in [-0.39, 0.29) is 22.3 Å². The van der Waals surface area contributed by atoms with Crippen LogP contribution in [0, 0.1) is 17.2 Å². The van der Waals surface area contributed by atoms with Gasteiger partial charge in [0.1, 0.15) is 11.7 Å². The molecule has 2 rings (SSSR count). The van der Waals surface area contributed by atoms with Crippen LogP contribution in [-0.2, 0) is 19.1 Å². The minimum Gasteiger partial charge on any atom is -0.492 e. The summed E-state index contributed by atoms with van der Waals surface area (Å²) in [7, 11) is 1.19. The van der Waals surface area contributed by atoms with Crippen molar-refractivity contribution in [3.8, 4) is 11.8 Å². The molecule has 0 bridgehead atoms. The number of thioether (sulfide) groups is 1. The first kappa shape index (κ1) is 27.5. The van der Waals surface area contributed by atoms with Gasteiger partial charge >= 0.3 is 5.97 Å². The van der Waals surface area contributed by atoms with E-state index in [0.717, 1.165) is 24.6 Å². The van der Waals surface area contributed by atoms with Gasteiger partial charge in [0.15, 0.2) is 0 Å². The average molecular weight is 508 g/mol. The van der Waals surface area contributed by atoms with Crippen LogP contribution in [0.5, 0.6) is 5.75 Å². The Bertz CT molecular complexity index is 985. The molecular weight excluding hydrogens is 478 g/mol. The van der Waals surface area contributed by atoms with E-state index in [1.807, 2.05) is 20.8 Å². The Hall–Kier alpha value is -2.70. The van der Waals surface area contributed by atoms with Crippen LogP contribution in [0.15, 0.2) is 28.8 Å². The topological polar surface area (TPSA) is 109 Å². The van der Waals surface area contributed by atoms with Gasteiger partial charge in [-0.2, -0.15) is 5.26 Å². The van der Waals surface area contributed by atoms with Crippen molar-refractivity contribution in [3.63, 3.8) is 0 Å². The lowest BCUT2D eigenvalue weighted by Gasteiger charge is -2.31. The first-order valence-electron chi connectivity index (χ1n) is 11.2. The van der Waals surface area contributed by atoms with E-state index in [0.29, 0.717) is 36.0 Å². The summed E-state index contributed by atoms with van der Waals surface area (Å²) < 4.78 is 10.3. The molecule has 1 aliphatic rings. The highest BCUT2D eigenvalue weighted by Crippen LogP contribution is 2.42. The van der Waals surface area contributed by atoms with Crippen LogP contribution in [0.4, 0.5) is 0 Å². The van der Waals surface area contributed by atoms with E-state index >= 15 is 0 Å². The lowest BCUT2D eigenvalue weighted by Crippen LogP contribution is -2.44. The van der Waals surface area contributed by atoms with Gasteiger partial charge in [0.25, 0.3) is 0 Å². The van der Waals surface area contributed by atoms with Gasteiger partial charge in [0.05, 0.1) is 41.2 Å². The van der Waals surface area contributed by atoms with Crippen molar-refractivity contribution in [2.24, 2.45) is 5.92 Å². The number of amides is 2. The number of halogens is 1. The van der Waals surface area contributed by atoms with Gasteiger partial charge in [-0.05, 0) is 37.5 Å². The second kappa shape index (κ2) is 13.3. The van der Waals surface area contributed by atoms with Gasteiger partial charge in [0, 0.05) is 19.0 Å². The summed E-state index contributed by atoms with van der Waals surface area (Å²) in [5, 5.41) is 13.2. The number of carbonyl (C=O) groups excluding carboxylic acids is 3. The van der Waals surface area contributed by atoms with E-state index in [1.54, 1.807) is 23.1 Å². The zero-order valence-corrected chi connectivity index (χ0v) is 21.4. The predicted octanol–water partition coefficient (Wildman–Crippen LogP) is 3.86. The molecule has 1 aliphatic heterocycles. The number of methoxy groups -OCH3 is 1. The Labute approximate surface area is 209 Å². The number of nitrogens with one attached hydrogen (secondary N) is 1. The van der Waals surface area contributed by atoms with Gasteiger partial charge in [-0.3, -0.25) is 14.4 Å². The Kier molecular flexibility index (Phi) is 10.7. The van der Waals surface area contributed by atoms with Gasteiger partial charge in [-0.25, -0.2) is 0 Å². The predicted molar refractivity (Wildman–Crippen MR) is 131 cm³/mol. The zero-order valence-electron chi connectivity index (χ0n) is 19.9. The SMILES string of the molecule is CCCN(CCC)C(=O)CSC1=C(C#N)[C@H](c2ccc(OCC)c(Cl)c2)[C@@H](C(=O)OC)C(=O)N1. The first-order chi connectivity index (χ1) is 16.3. The molecular formula is C24H30ClN3O5S. The van der Waals surface area contributed by atoms with Crippen LogP contribution < -0.4 is 10.1 Å². The van der Waals surface area contributed by atoms with Crippen molar-refractivity contribution >= 4 is 41.1 Å². The Morgan fingerprint density at radius 1 is 1.24 bits per heavy atom. The molecule has 1 aromatic carbocycles.